The SMILES string of the molecule is C=C(C)C(=O)OCCOc1ccc(OC(=O)/C=C/c2ccc(OC(=O)OCCCCOC(=O)C(=C)CC(=O)OC)cc2)cc1. The summed E-state index contributed by atoms with van der Waals surface area (Å²) in [5.41, 5.74) is 0.953. The average Bonchev–Trinajstić information content (AvgIpc) is 3.01. The van der Waals surface area contributed by atoms with Gasteiger partial charge in [-0.1, -0.05) is 25.3 Å². The fourth-order valence-corrected chi connectivity index (χ4v) is 3.05. The second-order valence-corrected chi connectivity index (χ2v) is 8.96. The van der Waals surface area contributed by atoms with E-state index >= 15 is 0 Å². The van der Waals surface area contributed by atoms with Gasteiger partial charge in [-0.2, -0.15) is 0 Å². The van der Waals surface area contributed by atoms with Gasteiger partial charge >= 0.3 is 30.0 Å². The van der Waals surface area contributed by atoms with Gasteiger partial charge in [0.2, 0.25) is 0 Å². The number of rotatable bonds is 17. The van der Waals surface area contributed by atoms with Gasteiger partial charge in [-0.15, -0.1) is 0 Å². The Balaban J connectivity index is 1.64. The lowest BCUT2D eigenvalue weighted by atomic mass is 10.2. The van der Waals surface area contributed by atoms with Crippen molar-refractivity contribution in [1.29, 1.82) is 0 Å². The van der Waals surface area contributed by atoms with Gasteiger partial charge in [0.05, 0.1) is 26.7 Å². The maximum atomic E-state index is 12.2. The molecule has 0 aliphatic heterocycles. The lowest BCUT2D eigenvalue weighted by Gasteiger charge is -2.08. The van der Waals surface area contributed by atoms with Gasteiger partial charge in [-0.05, 0) is 67.8 Å². The fourth-order valence-electron chi connectivity index (χ4n) is 3.05. The second-order valence-electron chi connectivity index (χ2n) is 8.96. The van der Waals surface area contributed by atoms with E-state index in [1.807, 2.05) is 0 Å². The molecule has 44 heavy (non-hydrogen) atoms. The van der Waals surface area contributed by atoms with Crippen molar-refractivity contribution in [3.63, 3.8) is 0 Å². The van der Waals surface area contributed by atoms with Crippen LogP contribution in [0.4, 0.5) is 4.79 Å². The molecule has 0 bridgehead atoms. The van der Waals surface area contributed by atoms with Crippen molar-refractivity contribution in [3.05, 3.63) is 84.5 Å². The van der Waals surface area contributed by atoms with E-state index in [1.165, 1.54) is 31.4 Å². The van der Waals surface area contributed by atoms with Crippen LogP contribution in [-0.4, -0.2) is 63.6 Å². The van der Waals surface area contributed by atoms with E-state index in [-0.39, 0.29) is 44.2 Å². The molecule has 2 rings (SSSR count). The molecule has 2 aromatic carbocycles. The highest BCUT2D eigenvalue weighted by Gasteiger charge is 2.13. The minimum Gasteiger partial charge on any atom is -0.490 e. The van der Waals surface area contributed by atoms with E-state index in [0.717, 1.165) is 0 Å². The van der Waals surface area contributed by atoms with Gasteiger partial charge in [-0.3, -0.25) is 4.79 Å². The Morgan fingerprint density at radius 3 is 1.91 bits per heavy atom. The van der Waals surface area contributed by atoms with Crippen LogP contribution in [0, 0.1) is 0 Å². The molecule has 0 radical (unpaired) electrons. The summed E-state index contributed by atoms with van der Waals surface area (Å²) in [4.78, 5) is 58.2. The number of carbonyl (C=O) groups is 5. The minimum atomic E-state index is -0.900. The van der Waals surface area contributed by atoms with E-state index in [0.29, 0.717) is 35.5 Å². The third-order valence-corrected chi connectivity index (χ3v) is 5.33. The lowest BCUT2D eigenvalue weighted by molar-refractivity contribution is -0.144. The van der Waals surface area contributed by atoms with Crippen molar-refractivity contribution >= 4 is 36.1 Å². The summed E-state index contributed by atoms with van der Waals surface area (Å²) < 4.78 is 35.2. The summed E-state index contributed by atoms with van der Waals surface area (Å²) in [6, 6.07) is 12.7. The van der Waals surface area contributed by atoms with E-state index in [4.69, 9.17) is 28.4 Å². The molecule has 0 atom stereocenters. The zero-order valence-corrected chi connectivity index (χ0v) is 24.5. The molecule has 0 N–H and O–H groups in total. The van der Waals surface area contributed by atoms with Crippen LogP contribution in [0.2, 0.25) is 0 Å². The van der Waals surface area contributed by atoms with Crippen LogP contribution in [0.15, 0.2) is 78.9 Å². The Bertz CT molecular complexity index is 1340. The number of unbranched alkanes of at least 4 members (excludes halogenated alkanes) is 1. The van der Waals surface area contributed by atoms with Crippen molar-refractivity contribution in [1.82, 2.24) is 0 Å². The molecular weight excluding hydrogens is 576 g/mol. The van der Waals surface area contributed by atoms with Gasteiger partial charge in [0.1, 0.15) is 30.5 Å². The summed E-state index contributed by atoms with van der Waals surface area (Å²) in [5.74, 6) is -1.31. The maximum Gasteiger partial charge on any atom is 0.513 e. The van der Waals surface area contributed by atoms with Crippen molar-refractivity contribution in [2.45, 2.75) is 26.2 Å². The zero-order valence-electron chi connectivity index (χ0n) is 24.5. The largest absolute Gasteiger partial charge is 0.513 e. The first kappa shape index (κ1) is 34.8. The number of methoxy groups -OCH3 is 1. The summed E-state index contributed by atoms with van der Waals surface area (Å²) in [5, 5.41) is 0. The molecule has 0 fully saturated rings. The van der Waals surface area contributed by atoms with Crippen LogP contribution in [-0.2, 0) is 38.1 Å². The highest BCUT2D eigenvalue weighted by atomic mass is 16.7. The predicted octanol–water partition coefficient (Wildman–Crippen LogP) is 4.76. The lowest BCUT2D eigenvalue weighted by Crippen LogP contribution is -2.14. The third kappa shape index (κ3) is 14.0. The fraction of sp³-hybridized carbons (Fsp3) is 0.281. The normalized spacial score (nSPS) is 10.3. The van der Waals surface area contributed by atoms with Gasteiger partial charge in [0, 0.05) is 17.2 Å². The van der Waals surface area contributed by atoms with E-state index in [2.05, 4.69) is 17.9 Å². The Kier molecular flexibility index (Phi) is 15.0. The minimum absolute atomic E-state index is 0.00881. The number of ether oxygens (including phenoxy) is 7. The Morgan fingerprint density at radius 1 is 0.705 bits per heavy atom. The van der Waals surface area contributed by atoms with Crippen LogP contribution in [0.5, 0.6) is 17.2 Å². The standard InChI is InChI=1S/C32H34O12/c1-22(2)30(35)41-20-19-39-25-12-14-26(15-13-25)43-28(33)16-9-24-7-10-27(11-8-24)44-32(37)42-18-6-5-17-40-31(36)23(3)21-29(34)38-4/h7-16H,1,3,5-6,17-21H2,2,4H3/b16-9+. The monoisotopic (exact) mass is 610 g/mol. The van der Waals surface area contributed by atoms with Crippen LogP contribution in [0.25, 0.3) is 6.08 Å². The summed E-state index contributed by atoms with van der Waals surface area (Å²) in [6.45, 7) is 8.88. The molecule has 0 saturated heterocycles. The summed E-state index contributed by atoms with van der Waals surface area (Å²) in [7, 11) is 1.21. The van der Waals surface area contributed by atoms with Crippen LogP contribution in [0.3, 0.4) is 0 Å². The molecule has 0 amide bonds. The van der Waals surface area contributed by atoms with Crippen molar-refractivity contribution in [3.8, 4) is 17.2 Å². The quantitative estimate of drug-likeness (QED) is 0.0607. The summed E-state index contributed by atoms with van der Waals surface area (Å²) >= 11 is 0. The van der Waals surface area contributed by atoms with E-state index in [1.54, 1.807) is 43.3 Å². The number of carbonyl (C=O) groups excluding carboxylic acids is 5. The third-order valence-electron chi connectivity index (χ3n) is 5.33. The predicted molar refractivity (Wildman–Crippen MR) is 157 cm³/mol. The molecule has 0 aliphatic carbocycles. The van der Waals surface area contributed by atoms with Crippen LogP contribution in [0.1, 0.15) is 31.7 Å². The van der Waals surface area contributed by atoms with Crippen molar-refractivity contribution in [2.75, 3.05) is 33.5 Å². The smallest absolute Gasteiger partial charge is 0.490 e. The van der Waals surface area contributed by atoms with Crippen molar-refractivity contribution in [2.24, 2.45) is 0 Å². The topological polar surface area (TPSA) is 150 Å². The van der Waals surface area contributed by atoms with Gasteiger partial charge in [0.15, 0.2) is 0 Å². The van der Waals surface area contributed by atoms with E-state index < -0.39 is 30.0 Å². The van der Waals surface area contributed by atoms with Gasteiger partial charge < -0.3 is 33.2 Å². The Labute approximate surface area is 254 Å². The first-order chi connectivity index (χ1) is 21.1. The maximum absolute atomic E-state index is 12.2. The van der Waals surface area contributed by atoms with Crippen LogP contribution >= 0.6 is 0 Å². The first-order valence-electron chi connectivity index (χ1n) is 13.4. The second kappa shape index (κ2) is 18.9. The molecule has 12 nitrogen and oxygen atoms in total. The number of hydrogen-bond donors (Lipinski definition) is 0. The molecular formula is C32H34O12. The van der Waals surface area contributed by atoms with Crippen LogP contribution < -0.4 is 14.2 Å². The average molecular weight is 611 g/mol. The molecule has 12 heteroatoms. The number of benzene rings is 2. The number of hydrogen-bond acceptors (Lipinski definition) is 12. The van der Waals surface area contributed by atoms with Crippen molar-refractivity contribution < 1.29 is 57.1 Å². The molecule has 2 aromatic rings. The summed E-state index contributed by atoms with van der Waals surface area (Å²) in [6.07, 6.45) is 2.47. The molecule has 0 aromatic heterocycles. The number of esters is 4. The highest BCUT2D eigenvalue weighted by molar-refractivity contribution is 5.93. The Morgan fingerprint density at radius 2 is 1.27 bits per heavy atom. The molecule has 0 aliphatic rings. The molecule has 0 unspecified atom stereocenters. The molecule has 0 saturated carbocycles. The van der Waals surface area contributed by atoms with Gasteiger partial charge in [0.25, 0.3) is 0 Å². The van der Waals surface area contributed by atoms with Gasteiger partial charge in [-0.25, -0.2) is 19.2 Å². The first-order valence-corrected chi connectivity index (χ1v) is 13.4. The van der Waals surface area contributed by atoms with E-state index in [9.17, 15) is 24.0 Å². The molecule has 0 heterocycles. The zero-order chi connectivity index (χ0) is 32.3. The molecule has 234 valence electrons. The molecule has 0 spiro atoms. The Hall–Kier alpha value is -5.39. The highest BCUT2D eigenvalue weighted by Crippen LogP contribution is 2.18.